The maximum atomic E-state index is 12.8. The van der Waals surface area contributed by atoms with E-state index in [2.05, 4.69) is 28.1 Å². The predicted molar refractivity (Wildman–Crippen MR) is 80.3 cm³/mol. The van der Waals surface area contributed by atoms with Crippen LogP contribution in [0.5, 0.6) is 0 Å². The molecule has 1 saturated carbocycles. The summed E-state index contributed by atoms with van der Waals surface area (Å²) in [5, 5.41) is 3.30. The van der Waals surface area contributed by atoms with Crippen LogP contribution in [0.15, 0.2) is 11.8 Å². The molecular formula is C16H27N3O. The molecule has 0 bridgehead atoms. The number of rotatable bonds is 6. The van der Waals surface area contributed by atoms with E-state index in [0.717, 1.165) is 32.5 Å². The third kappa shape index (κ3) is 3.07. The highest BCUT2D eigenvalue weighted by Crippen LogP contribution is 2.33. The molecule has 2 fully saturated rings. The van der Waals surface area contributed by atoms with Gasteiger partial charge in [-0.15, -0.1) is 0 Å². The molecule has 0 aromatic carbocycles. The number of likely N-dealkylation sites (N-methyl/N-ethyl adjacent to an activating group) is 1. The molecule has 0 atom stereocenters. The van der Waals surface area contributed by atoms with Gasteiger partial charge in [0.15, 0.2) is 0 Å². The molecule has 0 spiro atoms. The number of allylic oxidation sites excluding steroid dienone is 2. The summed E-state index contributed by atoms with van der Waals surface area (Å²) in [5.74, 6) is 0.328. The monoisotopic (exact) mass is 277 g/mol. The van der Waals surface area contributed by atoms with E-state index >= 15 is 0 Å². The minimum atomic E-state index is 0.328. The quantitative estimate of drug-likeness (QED) is 0.803. The van der Waals surface area contributed by atoms with E-state index in [-0.39, 0.29) is 0 Å². The fraction of sp³-hybridized carbons (Fsp3) is 0.812. The first-order chi connectivity index (χ1) is 9.79. The lowest BCUT2D eigenvalue weighted by atomic mass is 10.0. The summed E-state index contributed by atoms with van der Waals surface area (Å²) in [6.07, 6.45) is 9.47. The van der Waals surface area contributed by atoms with Crippen LogP contribution in [0, 0.1) is 0 Å². The number of nitrogens with zero attached hydrogens (tertiary/aromatic N) is 2. The van der Waals surface area contributed by atoms with Crippen LogP contribution in [0.2, 0.25) is 0 Å². The van der Waals surface area contributed by atoms with Crippen molar-refractivity contribution in [3.8, 4) is 0 Å². The molecular weight excluding hydrogens is 250 g/mol. The van der Waals surface area contributed by atoms with E-state index in [1.165, 1.54) is 31.4 Å². The Balaban J connectivity index is 1.64. The van der Waals surface area contributed by atoms with Crippen molar-refractivity contribution in [3.05, 3.63) is 11.8 Å². The van der Waals surface area contributed by atoms with Crippen LogP contribution < -0.4 is 5.32 Å². The van der Waals surface area contributed by atoms with Crippen LogP contribution in [0.3, 0.4) is 0 Å². The van der Waals surface area contributed by atoms with Gasteiger partial charge in [0, 0.05) is 30.9 Å². The molecule has 1 N–H and O–H groups in total. The average Bonchev–Trinajstić information content (AvgIpc) is 3.22. The highest BCUT2D eigenvalue weighted by molar-refractivity contribution is 5.81. The molecule has 0 aromatic rings. The number of carbonyl (C=O) groups excluding carboxylic acids is 1. The van der Waals surface area contributed by atoms with Crippen molar-refractivity contribution in [1.82, 2.24) is 15.1 Å². The summed E-state index contributed by atoms with van der Waals surface area (Å²) in [5.41, 5.74) is 1.31. The van der Waals surface area contributed by atoms with E-state index in [1.807, 2.05) is 0 Å². The third-order valence-electron chi connectivity index (χ3n) is 4.78. The fourth-order valence-corrected chi connectivity index (χ4v) is 3.25. The molecule has 3 aliphatic rings. The Labute approximate surface area is 122 Å². The highest BCUT2D eigenvalue weighted by Gasteiger charge is 2.36. The molecule has 3 rings (SSSR count). The summed E-state index contributed by atoms with van der Waals surface area (Å²) in [7, 11) is 0. The lowest BCUT2D eigenvalue weighted by molar-refractivity contribution is -0.132. The zero-order chi connectivity index (χ0) is 13.9. The lowest BCUT2D eigenvalue weighted by Gasteiger charge is -2.38. The standard InChI is InChI=1S/C16H27N3O/c1-2-18(15-10-17-11-15)12-16(20)19(14-8-9-14)13-6-4-3-5-7-13/h6,14-15,17H,2-5,7-12H2,1H3. The van der Waals surface area contributed by atoms with Crippen LogP contribution in [0.25, 0.3) is 0 Å². The first kappa shape index (κ1) is 14.1. The third-order valence-corrected chi connectivity index (χ3v) is 4.78. The van der Waals surface area contributed by atoms with E-state index < -0.39 is 0 Å². The van der Waals surface area contributed by atoms with Gasteiger partial charge < -0.3 is 10.2 Å². The van der Waals surface area contributed by atoms with Gasteiger partial charge in [0.05, 0.1) is 6.54 Å². The minimum Gasteiger partial charge on any atom is -0.314 e. The maximum absolute atomic E-state index is 12.8. The van der Waals surface area contributed by atoms with Gasteiger partial charge in [-0.1, -0.05) is 13.0 Å². The Hall–Kier alpha value is -0.870. The van der Waals surface area contributed by atoms with Gasteiger partial charge >= 0.3 is 0 Å². The summed E-state index contributed by atoms with van der Waals surface area (Å²) >= 11 is 0. The molecule has 1 amide bonds. The van der Waals surface area contributed by atoms with Crippen molar-refractivity contribution in [2.45, 2.75) is 57.5 Å². The Morgan fingerprint density at radius 2 is 2.10 bits per heavy atom. The Morgan fingerprint density at radius 1 is 1.30 bits per heavy atom. The number of carbonyl (C=O) groups is 1. The van der Waals surface area contributed by atoms with Gasteiger partial charge in [-0.25, -0.2) is 0 Å². The van der Waals surface area contributed by atoms with Crippen molar-refractivity contribution in [1.29, 1.82) is 0 Å². The predicted octanol–water partition coefficient (Wildman–Crippen LogP) is 1.73. The molecule has 1 saturated heterocycles. The SMILES string of the molecule is CCN(CC(=O)N(C1=CCCCC1)C1CC1)C1CNC1. The Kier molecular flexibility index (Phi) is 4.41. The molecule has 0 aromatic heterocycles. The number of hydrogen-bond donors (Lipinski definition) is 1. The first-order valence-electron chi connectivity index (χ1n) is 8.25. The zero-order valence-corrected chi connectivity index (χ0v) is 12.6. The Morgan fingerprint density at radius 3 is 2.60 bits per heavy atom. The van der Waals surface area contributed by atoms with Crippen LogP contribution in [0.4, 0.5) is 0 Å². The van der Waals surface area contributed by atoms with Gasteiger partial charge in [0.1, 0.15) is 0 Å². The molecule has 2 aliphatic carbocycles. The summed E-state index contributed by atoms with van der Waals surface area (Å²) in [6, 6.07) is 1.07. The summed E-state index contributed by atoms with van der Waals surface area (Å²) in [6.45, 7) is 5.79. The first-order valence-corrected chi connectivity index (χ1v) is 8.25. The van der Waals surface area contributed by atoms with Crippen LogP contribution in [-0.2, 0) is 4.79 Å². The molecule has 1 heterocycles. The number of hydrogen-bond acceptors (Lipinski definition) is 3. The maximum Gasteiger partial charge on any atom is 0.241 e. The van der Waals surface area contributed by atoms with Crippen LogP contribution in [-0.4, -0.2) is 54.0 Å². The molecule has 112 valence electrons. The van der Waals surface area contributed by atoms with E-state index in [0.29, 0.717) is 24.5 Å². The van der Waals surface area contributed by atoms with Gasteiger partial charge in [0.25, 0.3) is 0 Å². The summed E-state index contributed by atoms with van der Waals surface area (Å²) < 4.78 is 0. The topological polar surface area (TPSA) is 35.6 Å². The molecule has 4 heteroatoms. The minimum absolute atomic E-state index is 0.328. The van der Waals surface area contributed by atoms with Crippen molar-refractivity contribution in [2.75, 3.05) is 26.2 Å². The smallest absolute Gasteiger partial charge is 0.241 e. The van der Waals surface area contributed by atoms with Gasteiger partial charge in [0.2, 0.25) is 5.91 Å². The van der Waals surface area contributed by atoms with E-state index in [4.69, 9.17) is 0 Å². The normalized spacial score (nSPS) is 23.4. The highest BCUT2D eigenvalue weighted by atomic mass is 16.2. The fourth-order valence-electron chi connectivity index (χ4n) is 3.25. The van der Waals surface area contributed by atoms with Gasteiger partial charge in [-0.3, -0.25) is 9.69 Å². The van der Waals surface area contributed by atoms with Crippen molar-refractivity contribution in [3.63, 3.8) is 0 Å². The number of nitrogens with one attached hydrogen (secondary N) is 1. The Bertz CT molecular complexity index is 385. The summed E-state index contributed by atoms with van der Waals surface area (Å²) in [4.78, 5) is 17.2. The molecule has 1 aliphatic heterocycles. The second kappa shape index (κ2) is 6.27. The molecule has 20 heavy (non-hydrogen) atoms. The zero-order valence-electron chi connectivity index (χ0n) is 12.6. The molecule has 0 unspecified atom stereocenters. The van der Waals surface area contributed by atoms with Crippen LogP contribution >= 0.6 is 0 Å². The van der Waals surface area contributed by atoms with Crippen molar-refractivity contribution >= 4 is 5.91 Å². The van der Waals surface area contributed by atoms with Gasteiger partial charge in [-0.2, -0.15) is 0 Å². The second-order valence-electron chi connectivity index (χ2n) is 6.31. The molecule has 4 nitrogen and oxygen atoms in total. The second-order valence-corrected chi connectivity index (χ2v) is 6.31. The average molecular weight is 277 g/mol. The number of amides is 1. The largest absolute Gasteiger partial charge is 0.314 e. The van der Waals surface area contributed by atoms with E-state index in [1.54, 1.807) is 0 Å². The van der Waals surface area contributed by atoms with Crippen LogP contribution in [0.1, 0.15) is 45.4 Å². The van der Waals surface area contributed by atoms with E-state index in [9.17, 15) is 4.79 Å². The lowest BCUT2D eigenvalue weighted by Crippen LogP contribution is -2.59. The van der Waals surface area contributed by atoms with Gasteiger partial charge in [-0.05, 0) is 45.1 Å². The van der Waals surface area contributed by atoms with Crippen molar-refractivity contribution < 1.29 is 4.79 Å². The van der Waals surface area contributed by atoms with Crippen molar-refractivity contribution in [2.24, 2.45) is 0 Å². The molecule has 0 radical (unpaired) electrons.